The van der Waals surface area contributed by atoms with Gasteiger partial charge in [0.25, 0.3) is 0 Å². The Morgan fingerprint density at radius 2 is 2.25 bits per heavy atom. The number of aromatic nitrogens is 2. The van der Waals surface area contributed by atoms with Crippen molar-refractivity contribution < 1.29 is 0 Å². The minimum atomic E-state index is 0.480. The van der Waals surface area contributed by atoms with Crippen molar-refractivity contribution in [1.29, 1.82) is 0 Å². The number of rotatable bonds is 5. The van der Waals surface area contributed by atoms with E-state index in [-0.39, 0.29) is 0 Å². The summed E-state index contributed by atoms with van der Waals surface area (Å²) in [5.41, 5.74) is 3.05. The summed E-state index contributed by atoms with van der Waals surface area (Å²) in [5, 5.41) is 8.27. The molecule has 2 aliphatic rings. The van der Waals surface area contributed by atoms with Gasteiger partial charge in [-0.2, -0.15) is 5.10 Å². The maximum absolute atomic E-state index is 4.54. The summed E-state index contributed by atoms with van der Waals surface area (Å²) in [6.07, 6.45) is 7.00. The summed E-state index contributed by atoms with van der Waals surface area (Å²) in [4.78, 5) is 0. The largest absolute Gasteiger partial charge is 0.314 e. The summed E-state index contributed by atoms with van der Waals surface area (Å²) in [5.74, 6) is 1.91. The van der Waals surface area contributed by atoms with Crippen LogP contribution in [-0.2, 0) is 13.5 Å². The highest BCUT2D eigenvalue weighted by molar-refractivity contribution is 5.14. The molecule has 2 bridgehead atoms. The van der Waals surface area contributed by atoms with Gasteiger partial charge in [-0.25, -0.2) is 0 Å². The molecule has 112 valence electrons. The van der Waals surface area contributed by atoms with E-state index in [9.17, 15) is 0 Å². The Hall–Kier alpha value is -0.830. The molecule has 1 aromatic rings. The molecule has 0 radical (unpaired) electrons. The molecule has 2 aliphatic carbocycles. The fourth-order valence-corrected chi connectivity index (χ4v) is 4.65. The van der Waals surface area contributed by atoms with E-state index in [0.29, 0.717) is 11.5 Å². The molecule has 0 aromatic carbocycles. The fraction of sp³-hybridized carbons (Fsp3) is 0.824. The van der Waals surface area contributed by atoms with Crippen LogP contribution in [0.15, 0.2) is 6.07 Å². The van der Waals surface area contributed by atoms with Gasteiger partial charge in [0.1, 0.15) is 0 Å². The van der Waals surface area contributed by atoms with Crippen molar-refractivity contribution in [2.24, 2.45) is 24.3 Å². The van der Waals surface area contributed by atoms with Gasteiger partial charge in [-0.05, 0) is 55.9 Å². The molecule has 3 nitrogen and oxygen atoms in total. The van der Waals surface area contributed by atoms with Crippen molar-refractivity contribution in [2.45, 2.75) is 58.9 Å². The van der Waals surface area contributed by atoms with Crippen LogP contribution in [0.4, 0.5) is 0 Å². The monoisotopic (exact) mass is 275 g/mol. The van der Waals surface area contributed by atoms with Gasteiger partial charge in [0.15, 0.2) is 0 Å². The molecule has 1 N–H and O–H groups in total. The fourth-order valence-electron chi connectivity index (χ4n) is 4.65. The van der Waals surface area contributed by atoms with Gasteiger partial charge >= 0.3 is 0 Å². The Bertz CT molecular complexity index is 477. The van der Waals surface area contributed by atoms with Crippen LogP contribution in [0.5, 0.6) is 0 Å². The third kappa shape index (κ3) is 2.52. The second-order valence-corrected chi connectivity index (χ2v) is 7.56. The highest BCUT2D eigenvalue weighted by Gasteiger charge is 2.50. The van der Waals surface area contributed by atoms with Crippen molar-refractivity contribution in [3.63, 3.8) is 0 Å². The number of nitrogens with one attached hydrogen (secondary N) is 1. The number of aryl methyl sites for hydroxylation is 2. The molecule has 2 saturated carbocycles. The smallest absolute Gasteiger partial charge is 0.0596 e. The number of hydrogen-bond donors (Lipinski definition) is 1. The van der Waals surface area contributed by atoms with Crippen molar-refractivity contribution >= 4 is 0 Å². The Balaban J connectivity index is 1.81. The minimum Gasteiger partial charge on any atom is -0.314 e. The number of hydrogen-bond acceptors (Lipinski definition) is 2. The van der Waals surface area contributed by atoms with E-state index < -0.39 is 0 Å². The summed E-state index contributed by atoms with van der Waals surface area (Å²) in [6, 6.07) is 2.86. The third-order valence-corrected chi connectivity index (χ3v) is 5.60. The average Bonchev–Trinajstić information content (AvgIpc) is 3.03. The molecule has 1 aromatic heterocycles. The summed E-state index contributed by atoms with van der Waals surface area (Å²) >= 11 is 0. The quantitative estimate of drug-likeness (QED) is 0.895. The van der Waals surface area contributed by atoms with E-state index in [1.165, 1.54) is 44.3 Å². The second kappa shape index (κ2) is 5.18. The second-order valence-electron chi connectivity index (χ2n) is 7.56. The molecule has 0 amide bonds. The topological polar surface area (TPSA) is 29.9 Å². The molecule has 3 atom stereocenters. The van der Waals surface area contributed by atoms with Crippen LogP contribution in [0.3, 0.4) is 0 Å². The first-order valence-electron chi connectivity index (χ1n) is 8.21. The maximum Gasteiger partial charge on any atom is 0.0596 e. The van der Waals surface area contributed by atoms with Gasteiger partial charge in [0.2, 0.25) is 0 Å². The van der Waals surface area contributed by atoms with Crippen LogP contribution < -0.4 is 5.32 Å². The molecule has 0 aliphatic heterocycles. The van der Waals surface area contributed by atoms with Gasteiger partial charge in [-0.3, -0.25) is 4.68 Å². The molecule has 1 heterocycles. The van der Waals surface area contributed by atoms with Gasteiger partial charge in [0.05, 0.1) is 5.69 Å². The zero-order valence-electron chi connectivity index (χ0n) is 13.4. The predicted octanol–water partition coefficient (Wildman–Crippen LogP) is 3.08. The Morgan fingerprint density at radius 1 is 1.45 bits per heavy atom. The summed E-state index contributed by atoms with van der Waals surface area (Å²) in [6.45, 7) is 7.80. The molecule has 0 spiro atoms. The van der Waals surface area contributed by atoms with Crippen LogP contribution in [-0.4, -0.2) is 22.4 Å². The zero-order valence-corrected chi connectivity index (χ0v) is 13.4. The van der Waals surface area contributed by atoms with Crippen molar-refractivity contribution in [1.82, 2.24) is 15.1 Å². The first-order chi connectivity index (χ1) is 9.48. The summed E-state index contributed by atoms with van der Waals surface area (Å²) < 4.78 is 2.10. The molecule has 3 rings (SSSR count). The van der Waals surface area contributed by atoms with Crippen LogP contribution in [0.25, 0.3) is 0 Å². The van der Waals surface area contributed by atoms with Gasteiger partial charge < -0.3 is 5.32 Å². The summed E-state index contributed by atoms with van der Waals surface area (Å²) in [7, 11) is 2.10. The lowest BCUT2D eigenvalue weighted by Gasteiger charge is -2.39. The SMILES string of the molecule is Cc1cc(CC2(CNC(C)C)CC3CCC2C3)n(C)n1. The Labute approximate surface area is 123 Å². The van der Waals surface area contributed by atoms with Crippen LogP contribution >= 0.6 is 0 Å². The predicted molar refractivity (Wildman–Crippen MR) is 82.7 cm³/mol. The molecular weight excluding hydrogens is 246 g/mol. The van der Waals surface area contributed by atoms with Crippen LogP contribution in [0.2, 0.25) is 0 Å². The van der Waals surface area contributed by atoms with E-state index in [2.05, 4.69) is 49.0 Å². The molecule has 2 fully saturated rings. The van der Waals surface area contributed by atoms with E-state index in [4.69, 9.17) is 0 Å². The standard InChI is InChI=1S/C17H29N3/c1-12(2)18-11-17(9-14-5-6-15(17)8-14)10-16-7-13(3)19-20(16)4/h7,12,14-15,18H,5-6,8-11H2,1-4H3. The highest BCUT2D eigenvalue weighted by atomic mass is 15.3. The van der Waals surface area contributed by atoms with Crippen molar-refractivity contribution in [3.8, 4) is 0 Å². The molecule has 3 heteroatoms. The zero-order chi connectivity index (χ0) is 14.3. The molecule has 3 unspecified atom stereocenters. The first kappa shape index (κ1) is 14.1. The van der Waals surface area contributed by atoms with Crippen molar-refractivity contribution in [2.75, 3.05) is 6.54 Å². The normalized spacial score (nSPS) is 32.5. The lowest BCUT2D eigenvalue weighted by Crippen LogP contribution is -2.43. The van der Waals surface area contributed by atoms with E-state index >= 15 is 0 Å². The Kier molecular flexibility index (Phi) is 3.65. The lowest BCUT2D eigenvalue weighted by atomic mass is 9.70. The van der Waals surface area contributed by atoms with Gasteiger partial charge in [-0.1, -0.05) is 20.3 Å². The van der Waals surface area contributed by atoms with E-state index in [1.807, 2.05) is 0 Å². The van der Waals surface area contributed by atoms with Crippen LogP contribution in [0.1, 0.15) is 50.9 Å². The molecule has 20 heavy (non-hydrogen) atoms. The number of nitrogens with zero attached hydrogens (tertiary/aromatic N) is 2. The maximum atomic E-state index is 4.54. The first-order valence-corrected chi connectivity index (χ1v) is 8.21. The van der Waals surface area contributed by atoms with Gasteiger partial charge in [0, 0.05) is 25.3 Å². The molecule has 0 saturated heterocycles. The number of fused-ring (bicyclic) bond motifs is 2. The Morgan fingerprint density at radius 3 is 2.75 bits per heavy atom. The van der Waals surface area contributed by atoms with Gasteiger partial charge in [-0.15, -0.1) is 0 Å². The molecular formula is C17H29N3. The van der Waals surface area contributed by atoms with E-state index in [0.717, 1.165) is 17.5 Å². The minimum absolute atomic E-state index is 0.480. The third-order valence-electron chi connectivity index (χ3n) is 5.60. The lowest BCUT2D eigenvalue weighted by molar-refractivity contribution is 0.149. The average molecular weight is 275 g/mol. The van der Waals surface area contributed by atoms with Crippen LogP contribution in [0, 0.1) is 24.2 Å². The van der Waals surface area contributed by atoms with E-state index in [1.54, 1.807) is 0 Å². The highest BCUT2D eigenvalue weighted by Crippen LogP contribution is 2.57. The van der Waals surface area contributed by atoms with Crippen molar-refractivity contribution in [3.05, 3.63) is 17.5 Å².